The summed E-state index contributed by atoms with van der Waals surface area (Å²) >= 11 is 0. The molecule has 0 rings (SSSR count). The Balaban J connectivity index is 4.14. The molecule has 464 valence electrons. The highest BCUT2D eigenvalue weighted by Gasteiger charge is 2.23. The second-order valence-electron chi connectivity index (χ2n) is 23.8. The molecule has 0 fully saturated rings. The van der Waals surface area contributed by atoms with Crippen molar-refractivity contribution < 1.29 is 32.9 Å². The van der Waals surface area contributed by atoms with Crippen molar-refractivity contribution in [2.75, 3.05) is 40.9 Å². The quantitative estimate of drug-likeness (QED) is 0.0272. The number of carbonyl (C=O) groups is 1. The average molecular weight is 1140 g/mol. The number of hydrogen-bond acceptors (Lipinski definition) is 6. The second-order valence-corrected chi connectivity index (χ2v) is 25.2. The van der Waals surface area contributed by atoms with E-state index in [1.54, 1.807) is 6.08 Å². The molecule has 0 aliphatic rings. The number of phosphoric acid groups is 1. The number of phosphoric ester groups is 1. The monoisotopic (exact) mass is 1140 g/mol. The summed E-state index contributed by atoms with van der Waals surface area (Å²) < 4.78 is 23.4. The van der Waals surface area contributed by atoms with Crippen LogP contribution in [0.1, 0.15) is 296 Å². The number of allylic oxidation sites excluding steroid dienone is 15. The first kappa shape index (κ1) is 77.4. The van der Waals surface area contributed by atoms with E-state index in [0.717, 1.165) is 83.5 Å². The van der Waals surface area contributed by atoms with Gasteiger partial charge in [-0.25, -0.2) is 0 Å². The molecule has 1 amide bonds. The molecular formula is C71H129N2O6P. The third-order valence-corrected chi connectivity index (χ3v) is 15.8. The van der Waals surface area contributed by atoms with Crippen LogP contribution in [0.25, 0.3) is 0 Å². The van der Waals surface area contributed by atoms with Crippen LogP contribution in [0.4, 0.5) is 0 Å². The van der Waals surface area contributed by atoms with Gasteiger partial charge < -0.3 is 28.8 Å². The van der Waals surface area contributed by atoms with E-state index in [9.17, 15) is 19.4 Å². The van der Waals surface area contributed by atoms with E-state index in [-0.39, 0.29) is 19.1 Å². The lowest BCUT2D eigenvalue weighted by atomic mass is 10.0. The minimum atomic E-state index is -4.61. The second kappa shape index (κ2) is 61.0. The van der Waals surface area contributed by atoms with Gasteiger partial charge in [-0.05, 0) is 77.0 Å². The van der Waals surface area contributed by atoms with Crippen LogP contribution in [0.3, 0.4) is 0 Å². The molecule has 0 radical (unpaired) electrons. The molecular weight excluding hydrogens is 1010 g/mol. The smallest absolute Gasteiger partial charge is 0.268 e. The standard InChI is InChI=1S/C71H129N2O6P/c1-6-8-10-12-14-16-18-20-22-24-26-28-30-32-33-34-35-36-37-38-39-41-43-45-47-49-51-53-55-57-59-61-63-65-71(75)72-69(68-79-80(76,77)78-67-66-73(3,4)5)70(74)64-62-60-58-56-54-52-50-48-46-44-42-40-31-29-27-25-23-21-19-17-15-13-11-9-7-2/h8,10,14,16,20,22,26,28,32-33,35-36,38-39,62,64,69-70,74H,6-7,9,11-13,15,17-19,21,23-25,27,29-31,34,37,40-61,63,65-68H2,1-5H3,(H-,72,75,76,77)/b10-8-,16-14-,22-20-,28-26-,33-32-,36-35-,39-38-,64-62+. The van der Waals surface area contributed by atoms with Crippen molar-refractivity contribution in [1.29, 1.82) is 0 Å². The maximum absolute atomic E-state index is 13.0. The van der Waals surface area contributed by atoms with Gasteiger partial charge >= 0.3 is 0 Å². The molecule has 8 nitrogen and oxygen atoms in total. The number of rotatable bonds is 61. The largest absolute Gasteiger partial charge is 0.756 e. The molecule has 0 heterocycles. The van der Waals surface area contributed by atoms with Gasteiger partial charge in [0.2, 0.25) is 5.91 Å². The summed E-state index contributed by atoms with van der Waals surface area (Å²) in [7, 11) is 1.26. The summed E-state index contributed by atoms with van der Waals surface area (Å²) in [5.74, 6) is -0.201. The highest BCUT2D eigenvalue weighted by molar-refractivity contribution is 7.45. The number of aliphatic hydroxyl groups excluding tert-OH is 1. The van der Waals surface area contributed by atoms with E-state index < -0.39 is 20.0 Å². The van der Waals surface area contributed by atoms with E-state index in [4.69, 9.17) is 9.05 Å². The molecule has 0 spiro atoms. The topological polar surface area (TPSA) is 108 Å². The van der Waals surface area contributed by atoms with E-state index in [1.165, 1.54) is 193 Å². The third kappa shape index (κ3) is 63.0. The molecule has 0 saturated heterocycles. The highest BCUT2D eigenvalue weighted by atomic mass is 31.2. The number of nitrogens with one attached hydrogen (secondary N) is 1. The first-order valence-electron chi connectivity index (χ1n) is 33.6. The lowest BCUT2D eigenvalue weighted by Crippen LogP contribution is -2.45. The number of likely N-dealkylation sites (N-methyl/N-ethyl adjacent to an activating group) is 1. The van der Waals surface area contributed by atoms with Crippen molar-refractivity contribution in [3.05, 3.63) is 97.2 Å². The fourth-order valence-electron chi connectivity index (χ4n) is 9.61. The van der Waals surface area contributed by atoms with Crippen molar-refractivity contribution in [2.24, 2.45) is 0 Å². The minimum Gasteiger partial charge on any atom is -0.756 e. The molecule has 3 unspecified atom stereocenters. The van der Waals surface area contributed by atoms with Crippen molar-refractivity contribution >= 4 is 13.7 Å². The van der Waals surface area contributed by atoms with Crippen LogP contribution in [0.2, 0.25) is 0 Å². The summed E-state index contributed by atoms with van der Waals surface area (Å²) in [6.45, 7) is 4.56. The third-order valence-electron chi connectivity index (χ3n) is 14.8. The van der Waals surface area contributed by atoms with Gasteiger partial charge in [0, 0.05) is 6.42 Å². The highest BCUT2D eigenvalue weighted by Crippen LogP contribution is 2.38. The summed E-state index contributed by atoms with van der Waals surface area (Å²) in [6.07, 6.45) is 87.9. The Labute approximate surface area is 496 Å². The number of aliphatic hydroxyl groups is 1. The summed E-state index contributed by atoms with van der Waals surface area (Å²) in [4.78, 5) is 25.6. The number of quaternary nitrogens is 1. The van der Waals surface area contributed by atoms with Crippen molar-refractivity contribution in [2.45, 2.75) is 309 Å². The van der Waals surface area contributed by atoms with Crippen LogP contribution in [0.15, 0.2) is 97.2 Å². The first-order chi connectivity index (χ1) is 39.0. The molecule has 0 saturated carbocycles. The van der Waals surface area contributed by atoms with Crippen LogP contribution in [0, 0.1) is 0 Å². The minimum absolute atomic E-state index is 0.00489. The molecule has 0 aromatic heterocycles. The molecule has 0 aliphatic heterocycles. The maximum Gasteiger partial charge on any atom is 0.268 e. The zero-order valence-corrected chi connectivity index (χ0v) is 53.9. The number of amides is 1. The Hall–Kier alpha value is -2.58. The van der Waals surface area contributed by atoms with Crippen LogP contribution in [-0.2, 0) is 18.4 Å². The van der Waals surface area contributed by atoms with E-state index >= 15 is 0 Å². The lowest BCUT2D eigenvalue weighted by Gasteiger charge is -2.29. The molecule has 80 heavy (non-hydrogen) atoms. The van der Waals surface area contributed by atoms with E-state index in [1.807, 2.05) is 27.2 Å². The van der Waals surface area contributed by atoms with Gasteiger partial charge in [0.15, 0.2) is 0 Å². The van der Waals surface area contributed by atoms with Gasteiger partial charge in [-0.3, -0.25) is 9.36 Å². The Kier molecular flexibility index (Phi) is 59.0. The predicted octanol–water partition coefficient (Wildman–Crippen LogP) is 20.7. The van der Waals surface area contributed by atoms with Crippen LogP contribution < -0.4 is 10.2 Å². The van der Waals surface area contributed by atoms with Crippen LogP contribution in [0.5, 0.6) is 0 Å². The van der Waals surface area contributed by atoms with Crippen LogP contribution >= 0.6 is 7.82 Å². The van der Waals surface area contributed by atoms with Crippen molar-refractivity contribution in [3.63, 3.8) is 0 Å². The summed E-state index contributed by atoms with van der Waals surface area (Å²) in [5.41, 5.74) is 0. The van der Waals surface area contributed by atoms with Crippen molar-refractivity contribution in [3.8, 4) is 0 Å². The fourth-order valence-corrected chi connectivity index (χ4v) is 10.3. The number of carbonyl (C=O) groups excluding carboxylic acids is 1. The Bertz CT molecular complexity index is 1620. The number of hydrogen-bond donors (Lipinski definition) is 2. The number of nitrogens with zero attached hydrogens (tertiary/aromatic N) is 1. The molecule has 0 aromatic rings. The fraction of sp³-hybridized carbons (Fsp3) is 0.761. The molecule has 9 heteroatoms. The normalized spacial score (nSPS) is 14.3. The first-order valence-corrected chi connectivity index (χ1v) is 35.1. The van der Waals surface area contributed by atoms with Crippen molar-refractivity contribution in [1.82, 2.24) is 5.32 Å². The molecule has 0 bridgehead atoms. The van der Waals surface area contributed by atoms with Gasteiger partial charge in [0.1, 0.15) is 13.2 Å². The van der Waals surface area contributed by atoms with E-state index in [0.29, 0.717) is 17.4 Å². The summed E-state index contributed by atoms with van der Waals surface area (Å²) in [6, 6.07) is -0.895. The molecule has 2 N–H and O–H groups in total. The van der Waals surface area contributed by atoms with Crippen LogP contribution in [-0.4, -0.2) is 68.5 Å². The molecule has 0 aromatic carbocycles. The zero-order valence-electron chi connectivity index (χ0n) is 53.0. The Morgan fingerprint density at radius 3 is 1.11 bits per heavy atom. The Morgan fingerprint density at radius 2 is 0.762 bits per heavy atom. The zero-order chi connectivity index (χ0) is 58.4. The molecule has 0 aliphatic carbocycles. The van der Waals surface area contributed by atoms with Gasteiger partial charge in [-0.2, -0.15) is 0 Å². The summed E-state index contributed by atoms with van der Waals surface area (Å²) in [5, 5.41) is 14.0. The van der Waals surface area contributed by atoms with Gasteiger partial charge in [-0.15, -0.1) is 0 Å². The van der Waals surface area contributed by atoms with Gasteiger partial charge in [0.05, 0.1) is 39.9 Å². The van der Waals surface area contributed by atoms with Gasteiger partial charge in [0.25, 0.3) is 7.82 Å². The molecule has 3 atom stereocenters. The lowest BCUT2D eigenvalue weighted by molar-refractivity contribution is -0.870. The SMILES string of the molecule is CC/C=C\C/C=C\C/C=C\C/C=C\C/C=C\C/C=C\C/C=C\CCCCCCCCCCCCCC(=O)NC(COP(=O)([O-])OCC[N+](C)(C)C)C(O)/C=C/CCCCCCCCCCCCCCCCCCCCCCCCC. The number of unbranched alkanes of at least 4 members (excludes halogenated alkanes) is 34. The average Bonchev–Trinajstić information content (AvgIpc) is 3.42. The Morgan fingerprint density at radius 1 is 0.450 bits per heavy atom. The van der Waals surface area contributed by atoms with E-state index in [2.05, 4.69) is 104 Å². The predicted molar refractivity (Wildman–Crippen MR) is 348 cm³/mol. The van der Waals surface area contributed by atoms with Gasteiger partial charge in [-0.1, -0.05) is 310 Å². The maximum atomic E-state index is 13.0.